The molecule has 1 aliphatic heterocycles. The first-order valence-electron chi connectivity index (χ1n) is 14.7. The molecule has 2 aromatic carbocycles. The van der Waals surface area contributed by atoms with Gasteiger partial charge in [0.25, 0.3) is 0 Å². The molecule has 1 aliphatic rings. The number of phenolic OH excluding ortho intramolecular Hbond substituents is 1. The maximum atomic E-state index is 12.1. The van der Waals surface area contributed by atoms with Crippen LogP contribution in [0.2, 0.25) is 0 Å². The van der Waals surface area contributed by atoms with Gasteiger partial charge in [-0.05, 0) is 115 Å². The van der Waals surface area contributed by atoms with E-state index in [-0.39, 0.29) is 22.9 Å². The molecular formula is C33H47N5O4. The summed E-state index contributed by atoms with van der Waals surface area (Å²) in [6, 6.07) is 13.7. The lowest BCUT2D eigenvalue weighted by Crippen LogP contribution is -2.62. The second-order valence-corrected chi connectivity index (χ2v) is 13.8. The summed E-state index contributed by atoms with van der Waals surface area (Å²) in [6.07, 6.45) is 2.34. The largest absolute Gasteiger partial charge is 0.507 e. The van der Waals surface area contributed by atoms with Crippen molar-refractivity contribution in [3.05, 3.63) is 42.5 Å². The number of ether oxygens (including phenoxy) is 2. The summed E-state index contributed by atoms with van der Waals surface area (Å²) in [7, 11) is 3.80. The predicted octanol–water partition coefficient (Wildman–Crippen LogP) is 6.38. The highest BCUT2D eigenvalue weighted by atomic mass is 16.6. The lowest BCUT2D eigenvalue weighted by Gasteiger charge is -2.49. The van der Waals surface area contributed by atoms with E-state index in [1.54, 1.807) is 18.0 Å². The molecule has 0 bridgehead atoms. The van der Waals surface area contributed by atoms with Crippen molar-refractivity contribution >= 4 is 22.7 Å². The Labute approximate surface area is 250 Å². The third-order valence-electron chi connectivity index (χ3n) is 7.54. The van der Waals surface area contributed by atoms with Crippen molar-refractivity contribution in [1.29, 1.82) is 0 Å². The number of hydrogen-bond acceptors (Lipinski definition) is 8. The highest BCUT2D eigenvalue weighted by molar-refractivity contribution is 5.90. The zero-order valence-electron chi connectivity index (χ0n) is 26.6. The van der Waals surface area contributed by atoms with Gasteiger partial charge in [0.1, 0.15) is 17.1 Å². The summed E-state index contributed by atoms with van der Waals surface area (Å²) >= 11 is 0. The molecule has 42 heavy (non-hydrogen) atoms. The van der Waals surface area contributed by atoms with Crippen molar-refractivity contribution in [3.63, 3.8) is 0 Å². The number of fused-ring (bicyclic) bond motifs is 1. The SMILES string of the molecule is CN(CCCOc1ccc2cc(-c3ccc(N(C)C4CC(C)(C)NC(C)(C)C4)nn3)c(O)cc2c1)C(=O)OC(C)(C)C. The fraction of sp³-hybridized carbons (Fsp3) is 0.545. The maximum Gasteiger partial charge on any atom is 0.410 e. The summed E-state index contributed by atoms with van der Waals surface area (Å²) in [6.45, 7) is 15.5. The molecule has 0 radical (unpaired) electrons. The van der Waals surface area contributed by atoms with Crippen molar-refractivity contribution in [1.82, 2.24) is 20.4 Å². The first-order valence-corrected chi connectivity index (χ1v) is 14.7. The smallest absolute Gasteiger partial charge is 0.410 e. The molecule has 3 aromatic rings. The lowest BCUT2D eigenvalue weighted by molar-refractivity contribution is 0.0292. The zero-order valence-corrected chi connectivity index (χ0v) is 26.6. The van der Waals surface area contributed by atoms with Gasteiger partial charge >= 0.3 is 6.09 Å². The Balaban J connectivity index is 1.39. The summed E-state index contributed by atoms with van der Waals surface area (Å²) in [5.74, 6) is 1.65. The van der Waals surface area contributed by atoms with Crippen molar-refractivity contribution in [2.45, 2.75) is 90.4 Å². The van der Waals surface area contributed by atoms with Gasteiger partial charge in [-0.25, -0.2) is 4.79 Å². The predicted molar refractivity (Wildman–Crippen MR) is 168 cm³/mol. The Hall–Kier alpha value is -3.59. The van der Waals surface area contributed by atoms with Crippen molar-refractivity contribution in [3.8, 4) is 22.8 Å². The third kappa shape index (κ3) is 8.03. The number of aromatic hydroxyl groups is 1. The molecule has 2 N–H and O–H groups in total. The number of benzene rings is 2. The van der Waals surface area contributed by atoms with Crippen molar-refractivity contribution < 1.29 is 19.4 Å². The second-order valence-electron chi connectivity index (χ2n) is 13.8. The number of phenols is 1. The standard InChI is InChI=1S/C33H47N5O4/c1-31(2,3)42-30(40)37(8)15-10-16-41-25-12-11-22-18-26(28(39)19-23(22)17-25)27-13-14-29(35-34-27)38(9)24-20-32(4,5)36-33(6,7)21-24/h11-14,17-19,24,36,39H,10,15-16,20-21H2,1-9H3. The number of piperidine rings is 1. The molecule has 228 valence electrons. The Morgan fingerprint density at radius 2 is 1.69 bits per heavy atom. The Morgan fingerprint density at radius 3 is 2.31 bits per heavy atom. The molecule has 9 nitrogen and oxygen atoms in total. The van der Waals surface area contributed by atoms with Gasteiger partial charge in [-0.3, -0.25) is 0 Å². The average Bonchev–Trinajstić information content (AvgIpc) is 2.87. The molecule has 0 atom stereocenters. The van der Waals surface area contributed by atoms with E-state index in [1.807, 2.05) is 57.2 Å². The monoisotopic (exact) mass is 577 g/mol. The van der Waals surface area contributed by atoms with Crippen LogP contribution in [-0.4, -0.2) is 76.3 Å². The van der Waals surface area contributed by atoms with Crippen LogP contribution in [0.4, 0.5) is 10.6 Å². The van der Waals surface area contributed by atoms with E-state index in [1.165, 1.54) is 0 Å². The topological polar surface area (TPSA) is 100 Å². The molecule has 0 saturated carbocycles. The van der Waals surface area contributed by atoms with Crippen LogP contribution in [0.1, 0.15) is 67.7 Å². The first-order chi connectivity index (χ1) is 19.5. The highest BCUT2D eigenvalue weighted by Gasteiger charge is 2.39. The third-order valence-corrected chi connectivity index (χ3v) is 7.54. The van der Waals surface area contributed by atoms with Crippen LogP contribution in [0.3, 0.4) is 0 Å². The van der Waals surface area contributed by atoms with E-state index >= 15 is 0 Å². The van der Waals surface area contributed by atoms with E-state index in [9.17, 15) is 9.90 Å². The van der Waals surface area contributed by atoms with Crippen molar-refractivity contribution in [2.24, 2.45) is 0 Å². The normalized spacial score (nSPS) is 16.7. The number of aromatic nitrogens is 2. The Bertz CT molecular complexity index is 1380. The minimum absolute atomic E-state index is 0.0360. The van der Waals surface area contributed by atoms with Crippen LogP contribution in [0.5, 0.6) is 11.5 Å². The number of nitrogens with zero attached hydrogens (tertiary/aromatic N) is 4. The minimum Gasteiger partial charge on any atom is -0.507 e. The van der Waals surface area contributed by atoms with E-state index in [0.717, 1.165) is 29.4 Å². The van der Waals surface area contributed by atoms with E-state index < -0.39 is 5.60 Å². The minimum atomic E-state index is -0.521. The molecule has 0 unspecified atom stereocenters. The van der Waals surface area contributed by atoms with Gasteiger partial charge < -0.3 is 29.7 Å². The summed E-state index contributed by atoms with van der Waals surface area (Å²) in [5.41, 5.74) is 0.800. The number of nitrogens with one attached hydrogen (secondary N) is 1. The van der Waals surface area contributed by atoms with Gasteiger partial charge in [-0.2, -0.15) is 0 Å². The van der Waals surface area contributed by atoms with Gasteiger partial charge in [0.2, 0.25) is 0 Å². The summed E-state index contributed by atoms with van der Waals surface area (Å²) in [4.78, 5) is 15.9. The van der Waals surface area contributed by atoms with Gasteiger partial charge in [0, 0.05) is 43.3 Å². The average molecular weight is 578 g/mol. The molecule has 2 heterocycles. The maximum absolute atomic E-state index is 12.1. The van der Waals surface area contributed by atoms with Crippen LogP contribution in [0.15, 0.2) is 42.5 Å². The summed E-state index contributed by atoms with van der Waals surface area (Å²) in [5, 5.41) is 25.5. The first kappa shape index (κ1) is 31.3. The van der Waals surface area contributed by atoms with Crippen molar-refractivity contribution in [2.75, 3.05) is 32.1 Å². The number of rotatable bonds is 8. The van der Waals surface area contributed by atoms with Crippen LogP contribution < -0.4 is 15.0 Å². The van der Waals surface area contributed by atoms with Crippen LogP contribution in [0, 0.1) is 0 Å². The fourth-order valence-electron chi connectivity index (χ4n) is 5.87. The van der Waals surface area contributed by atoms with E-state index in [0.29, 0.717) is 42.6 Å². The number of carbonyl (C=O) groups excluding carboxylic acids is 1. The van der Waals surface area contributed by atoms with E-state index in [4.69, 9.17) is 9.47 Å². The number of carbonyl (C=O) groups is 1. The number of amides is 1. The molecule has 1 saturated heterocycles. The van der Waals surface area contributed by atoms with Crippen LogP contribution in [-0.2, 0) is 4.74 Å². The molecule has 0 aliphatic carbocycles. The molecule has 1 amide bonds. The molecule has 0 spiro atoms. The number of anilines is 1. The highest BCUT2D eigenvalue weighted by Crippen LogP contribution is 2.35. The second kappa shape index (κ2) is 12.0. The quantitative estimate of drug-likeness (QED) is 0.298. The molecule has 9 heteroatoms. The van der Waals surface area contributed by atoms with Gasteiger partial charge in [0.05, 0.1) is 12.3 Å². The Morgan fingerprint density at radius 1 is 1.00 bits per heavy atom. The van der Waals surface area contributed by atoms with Gasteiger partial charge in [0.15, 0.2) is 5.82 Å². The molecular weight excluding hydrogens is 530 g/mol. The van der Waals surface area contributed by atoms with Gasteiger partial charge in [-0.1, -0.05) is 6.07 Å². The molecule has 1 aromatic heterocycles. The van der Waals surface area contributed by atoms with Crippen LogP contribution >= 0.6 is 0 Å². The zero-order chi connectivity index (χ0) is 30.9. The number of hydrogen-bond donors (Lipinski definition) is 2. The van der Waals surface area contributed by atoms with Gasteiger partial charge in [-0.15, -0.1) is 10.2 Å². The van der Waals surface area contributed by atoms with Crippen LogP contribution in [0.25, 0.3) is 22.0 Å². The Kier molecular flexibility index (Phi) is 8.92. The molecule has 4 rings (SSSR count). The lowest BCUT2D eigenvalue weighted by atomic mass is 9.79. The summed E-state index contributed by atoms with van der Waals surface area (Å²) < 4.78 is 11.3. The fourth-order valence-corrected chi connectivity index (χ4v) is 5.87. The van der Waals surface area contributed by atoms with E-state index in [2.05, 4.69) is 55.2 Å². The molecule has 1 fully saturated rings.